The van der Waals surface area contributed by atoms with Gasteiger partial charge in [0.25, 0.3) is 0 Å². The molecule has 1 aliphatic heterocycles. The lowest BCUT2D eigenvalue weighted by Crippen LogP contribution is -2.30. The quantitative estimate of drug-likeness (QED) is 0.792. The van der Waals surface area contributed by atoms with E-state index in [1.165, 1.54) is 0 Å². The summed E-state index contributed by atoms with van der Waals surface area (Å²) in [5.41, 5.74) is 1.65. The number of carbonyl (C=O) groups is 2. The van der Waals surface area contributed by atoms with Crippen molar-refractivity contribution < 1.29 is 14.3 Å². The number of hydrogen-bond donors (Lipinski definition) is 2. The number of para-hydroxylation sites is 2. The van der Waals surface area contributed by atoms with E-state index < -0.39 is 6.04 Å². The van der Waals surface area contributed by atoms with Crippen molar-refractivity contribution in [2.75, 3.05) is 25.6 Å². The van der Waals surface area contributed by atoms with Crippen LogP contribution in [0, 0.1) is 0 Å². The highest BCUT2D eigenvalue weighted by Gasteiger charge is 2.34. The first-order chi connectivity index (χ1) is 10.2. The normalized spacial score (nSPS) is 16.8. The summed E-state index contributed by atoms with van der Waals surface area (Å²) >= 11 is 0. The minimum atomic E-state index is -0.560. The van der Waals surface area contributed by atoms with Gasteiger partial charge in [0.1, 0.15) is 6.04 Å². The van der Waals surface area contributed by atoms with Crippen molar-refractivity contribution in [1.82, 2.24) is 14.9 Å². The van der Waals surface area contributed by atoms with Crippen LogP contribution in [0.5, 0.6) is 0 Å². The van der Waals surface area contributed by atoms with Gasteiger partial charge in [-0.2, -0.15) is 0 Å². The predicted molar refractivity (Wildman–Crippen MR) is 76.9 cm³/mol. The molecular weight excluding hydrogens is 272 g/mol. The van der Waals surface area contributed by atoms with Crippen molar-refractivity contribution in [2.24, 2.45) is 0 Å². The molecule has 0 unspecified atom stereocenters. The van der Waals surface area contributed by atoms with Crippen molar-refractivity contribution in [1.29, 1.82) is 0 Å². The Balaban J connectivity index is 1.81. The van der Waals surface area contributed by atoms with Gasteiger partial charge in [-0.25, -0.2) is 4.98 Å². The van der Waals surface area contributed by atoms with E-state index in [0.29, 0.717) is 19.1 Å². The fourth-order valence-corrected chi connectivity index (χ4v) is 2.48. The van der Waals surface area contributed by atoms with Crippen LogP contribution in [0.4, 0.5) is 5.95 Å². The summed E-state index contributed by atoms with van der Waals surface area (Å²) in [6.45, 7) is 0.878. The zero-order valence-corrected chi connectivity index (χ0v) is 11.6. The Labute approximate surface area is 121 Å². The fourth-order valence-electron chi connectivity index (χ4n) is 2.48. The van der Waals surface area contributed by atoms with Gasteiger partial charge in [-0.05, 0) is 12.1 Å². The summed E-state index contributed by atoms with van der Waals surface area (Å²) in [7, 11) is 1.57. The van der Waals surface area contributed by atoms with Crippen LogP contribution in [-0.4, -0.2) is 41.6 Å². The summed E-state index contributed by atoms with van der Waals surface area (Å²) in [5, 5.41) is 5.44. The molecule has 1 aromatic heterocycles. The van der Waals surface area contributed by atoms with Gasteiger partial charge in [0.05, 0.1) is 24.1 Å². The number of methoxy groups -OCH3 is 1. The summed E-state index contributed by atoms with van der Waals surface area (Å²) in [5.74, 6) is 0.110. The SMILES string of the molecule is COCCNC(=O)C[C@@H]1C(=O)Nc2nc3ccccc3n21. The molecular formula is C14H16N4O3. The first-order valence-electron chi connectivity index (χ1n) is 6.74. The van der Waals surface area contributed by atoms with Gasteiger partial charge < -0.3 is 10.1 Å². The highest BCUT2D eigenvalue weighted by atomic mass is 16.5. The minimum absolute atomic E-state index is 0.0862. The molecule has 110 valence electrons. The van der Waals surface area contributed by atoms with E-state index in [1.807, 2.05) is 24.3 Å². The Hall–Kier alpha value is -2.41. The molecule has 2 amide bonds. The predicted octanol–water partition coefficient (Wildman–Crippen LogP) is 0.682. The smallest absolute Gasteiger partial charge is 0.250 e. The Kier molecular flexibility index (Phi) is 3.57. The highest BCUT2D eigenvalue weighted by Crippen LogP contribution is 2.31. The number of rotatable bonds is 5. The monoisotopic (exact) mass is 288 g/mol. The molecule has 1 aliphatic rings. The Morgan fingerprint density at radius 2 is 2.29 bits per heavy atom. The molecule has 0 aliphatic carbocycles. The first kappa shape index (κ1) is 13.6. The van der Waals surface area contributed by atoms with Crippen LogP contribution in [0.25, 0.3) is 11.0 Å². The molecule has 0 bridgehead atoms. The second-order valence-corrected chi connectivity index (χ2v) is 4.85. The second-order valence-electron chi connectivity index (χ2n) is 4.85. The lowest BCUT2D eigenvalue weighted by atomic mass is 10.2. The summed E-state index contributed by atoms with van der Waals surface area (Å²) in [4.78, 5) is 28.3. The van der Waals surface area contributed by atoms with Crippen molar-refractivity contribution in [3.05, 3.63) is 24.3 Å². The lowest BCUT2D eigenvalue weighted by Gasteiger charge is -2.11. The van der Waals surface area contributed by atoms with Crippen LogP contribution in [0.1, 0.15) is 12.5 Å². The number of benzene rings is 1. The van der Waals surface area contributed by atoms with Gasteiger partial charge in [-0.3, -0.25) is 19.5 Å². The summed E-state index contributed by atoms with van der Waals surface area (Å²) < 4.78 is 6.66. The molecule has 2 heterocycles. The van der Waals surface area contributed by atoms with Gasteiger partial charge in [-0.1, -0.05) is 12.1 Å². The lowest BCUT2D eigenvalue weighted by molar-refractivity contribution is -0.126. The molecule has 2 aromatic rings. The van der Waals surface area contributed by atoms with Crippen molar-refractivity contribution in [3.8, 4) is 0 Å². The number of carbonyl (C=O) groups excluding carboxylic acids is 2. The largest absolute Gasteiger partial charge is 0.383 e. The fraction of sp³-hybridized carbons (Fsp3) is 0.357. The molecule has 21 heavy (non-hydrogen) atoms. The van der Waals surface area contributed by atoms with Gasteiger partial charge in [0.2, 0.25) is 17.8 Å². The van der Waals surface area contributed by atoms with E-state index in [9.17, 15) is 9.59 Å². The van der Waals surface area contributed by atoms with E-state index in [1.54, 1.807) is 11.7 Å². The number of nitrogens with one attached hydrogen (secondary N) is 2. The van der Waals surface area contributed by atoms with Gasteiger partial charge in [0, 0.05) is 13.7 Å². The van der Waals surface area contributed by atoms with Gasteiger partial charge in [0.15, 0.2) is 0 Å². The number of ether oxygens (including phenoxy) is 1. The number of hydrogen-bond acceptors (Lipinski definition) is 4. The number of amides is 2. The molecule has 0 spiro atoms. The maximum atomic E-state index is 12.0. The standard InChI is InChI=1S/C14H16N4O3/c1-21-7-6-15-12(19)8-11-13(20)17-14-16-9-4-2-3-5-10(9)18(11)14/h2-5,11H,6-8H2,1H3,(H,15,19)(H,16,17,20)/t11-/m1/s1. The molecule has 0 fully saturated rings. The van der Waals surface area contributed by atoms with Crippen molar-refractivity contribution in [2.45, 2.75) is 12.5 Å². The van der Waals surface area contributed by atoms with E-state index in [0.717, 1.165) is 11.0 Å². The van der Waals surface area contributed by atoms with E-state index in [2.05, 4.69) is 15.6 Å². The molecule has 7 nitrogen and oxygen atoms in total. The van der Waals surface area contributed by atoms with Crippen LogP contribution >= 0.6 is 0 Å². The van der Waals surface area contributed by atoms with Crippen molar-refractivity contribution >= 4 is 28.8 Å². The Morgan fingerprint density at radius 3 is 3.10 bits per heavy atom. The third kappa shape index (κ3) is 2.47. The van der Waals surface area contributed by atoms with Gasteiger partial charge in [-0.15, -0.1) is 0 Å². The van der Waals surface area contributed by atoms with Crippen LogP contribution in [0.15, 0.2) is 24.3 Å². The molecule has 0 saturated carbocycles. The zero-order valence-electron chi connectivity index (χ0n) is 11.6. The topological polar surface area (TPSA) is 85.2 Å². The highest BCUT2D eigenvalue weighted by molar-refractivity contribution is 6.01. The summed E-state index contributed by atoms with van der Waals surface area (Å²) in [6, 6.07) is 6.98. The average Bonchev–Trinajstić information content (AvgIpc) is 2.96. The van der Waals surface area contributed by atoms with Crippen LogP contribution in [-0.2, 0) is 14.3 Å². The molecule has 1 atom stereocenters. The van der Waals surface area contributed by atoms with E-state index in [-0.39, 0.29) is 18.2 Å². The molecule has 0 saturated heterocycles. The molecule has 7 heteroatoms. The first-order valence-corrected chi connectivity index (χ1v) is 6.74. The number of imidazole rings is 1. The number of nitrogens with zero attached hydrogens (tertiary/aromatic N) is 2. The average molecular weight is 288 g/mol. The number of aromatic nitrogens is 2. The minimum Gasteiger partial charge on any atom is -0.383 e. The molecule has 1 aromatic carbocycles. The van der Waals surface area contributed by atoms with E-state index >= 15 is 0 Å². The van der Waals surface area contributed by atoms with Gasteiger partial charge >= 0.3 is 0 Å². The number of anilines is 1. The van der Waals surface area contributed by atoms with Crippen LogP contribution < -0.4 is 10.6 Å². The van der Waals surface area contributed by atoms with Crippen LogP contribution in [0.2, 0.25) is 0 Å². The molecule has 0 radical (unpaired) electrons. The maximum absolute atomic E-state index is 12.0. The Bertz CT molecular complexity index is 695. The zero-order chi connectivity index (χ0) is 14.8. The van der Waals surface area contributed by atoms with Crippen LogP contribution in [0.3, 0.4) is 0 Å². The molecule has 3 rings (SSSR count). The second kappa shape index (κ2) is 5.53. The molecule has 2 N–H and O–H groups in total. The third-order valence-corrected chi connectivity index (χ3v) is 3.45. The Morgan fingerprint density at radius 1 is 1.48 bits per heavy atom. The van der Waals surface area contributed by atoms with Crippen molar-refractivity contribution in [3.63, 3.8) is 0 Å². The maximum Gasteiger partial charge on any atom is 0.250 e. The summed E-state index contributed by atoms with van der Waals surface area (Å²) in [6.07, 6.45) is 0.0862. The van der Waals surface area contributed by atoms with E-state index in [4.69, 9.17) is 4.74 Å². The third-order valence-electron chi connectivity index (χ3n) is 3.45. The number of fused-ring (bicyclic) bond motifs is 3.